The summed E-state index contributed by atoms with van der Waals surface area (Å²) in [6.07, 6.45) is -3.93. The first-order valence-electron chi connectivity index (χ1n) is 8.96. The van der Waals surface area contributed by atoms with Crippen LogP contribution in [0.3, 0.4) is 0 Å². The van der Waals surface area contributed by atoms with Crippen LogP contribution in [0.4, 0.5) is 24.5 Å². The molecule has 0 unspecified atom stereocenters. The number of nitrogens with one attached hydrogen (secondary N) is 2. The number of nitrogens with zero attached hydrogens (tertiary/aromatic N) is 2. The Morgan fingerprint density at radius 3 is 2.42 bits per heavy atom. The molecule has 0 heterocycles. The number of carbonyl (C=O) groups excluding carboxylic acids is 2. The monoisotopic (exact) mass is 506 g/mol. The van der Waals surface area contributed by atoms with Crippen molar-refractivity contribution in [1.82, 2.24) is 4.31 Å². The molecule has 2 amide bonds. The molecule has 14 heteroatoms. The summed E-state index contributed by atoms with van der Waals surface area (Å²) in [6.45, 7) is -0.633. The molecule has 2 aromatic rings. The lowest BCUT2D eigenvalue weighted by Crippen LogP contribution is -2.23. The normalized spacial score (nSPS) is 12.1. The summed E-state index contributed by atoms with van der Waals surface area (Å²) in [5.41, 5.74) is -0.918. The largest absolute Gasteiger partial charge is 0.416 e. The van der Waals surface area contributed by atoms with Crippen LogP contribution in [0.15, 0.2) is 52.5 Å². The molecule has 0 aliphatic heterocycles. The number of anilines is 2. The van der Waals surface area contributed by atoms with Crippen molar-refractivity contribution >= 4 is 51.0 Å². The number of alkyl halides is 3. The molecule has 0 saturated heterocycles. The van der Waals surface area contributed by atoms with Crippen LogP contribution in [0.5, 0.6) is 0 Å². The zero-order chi connectivity index (χ0) is 24.8. The molecule has 0 aromatic heterocycles. The molecule has 0 fully saturated rings. The van der Waals surface area contributed by atoms with Gasteiger partial charge in [-0.25, -0.2) is 12.7 Å². The minimum Gasteiger partial charge on any atom is -0.385 e. The Morgan fingerprint density at radius 1 is 1.12 bits per heavy atom. The van der Waals surface area contributed by atoms with Crippen LogP contribution in [0.1, 0.15) is 5.56 Å². The smallest absolute Gasteiger partial charge is 0.385 e. The first-order chi connectivity index (χ1) is 15.3. The lowest BCUT2D eigenvalue weighted by Gasteiger charge is -2.14. The third-order valence-electron chi connectivity index (χ3n) is 3.87. The fourth-order valence-electron chi connectivity index (χ4n) is 2.30. The maximum Gasteiger partial charge on any atom is 0.416 e. The Hall–Kier alpha value is -3.16. The van der Waals surface area contributed by atoms with Gasteiger partial charge in [0.15, 0.2) is 6.61 Å². The van der Waals surface area contributed by atoms with Gasteiger partial charge < -0.3 is 15.5 Å². The van der Waals surface area contributed by atoms with Crippen LogP contribution in [-0.2, 0) is 30.6 Å². The zero-order valence-corrected chi connectivity index (χ0v) is 18.8. The van der Waals surface area contributed by atoms with Gasteiger partial charge in [-0.05, 0) is 36.4 Å². The Bertz CT molecular complexity index is 1170. The van der Waals surface area contributed by atoms with E-state index in [1.165, 1.54) is 38.4 Å². The fraction of sp³-hybridized carbons (Fsp3) is 0.211. The molecule has 2 aromatic carbocycles. The van der Waals surface area contributed by atoms with E-state index in [1.807, 2.05) is 0 Å². The van der Waals surface area contributed by atoms with Crippen LogP contribution >= 0.6 is 11.6 Å². The third-order valence-corrected chi connectivity index (χ3v) is 6.17. The van der Waals surface area contributed by atoms with Crippen molar-refractivity contribution < 1.29 is 36.0 Å². The standard InChI is InChI=1S/C19H18ClF3N4O5S/c1-27(2)33(30,31)16-9-14(6-7-15(16)20)26-18(29)11-32-24-10-17(28)25-13-5-3-4-12(8-13)19(21,22)23/h3-10H,11H2,1-2H3,(H,25,28)(H,26,29)/b24-10-. The maximum absolute atomic E-state index is 12.7. The summed E-state index contributed by atoms with van der Waals surface area (Å²) in [7, 11) is -1.19. The molecule has 9 nitrogen and oxygen atoms in total. The van der Waals surface area contributed by atoms with E-state index >= 15 is 0 Å². The predicted molar refractivity (Wildman–Crippen MR) is 115 cm³/mol. The van der Waals surface area contributed by atoms with E-state index in [2.05, 4.69) is 20.6 Å². The van der Waals surface area contributed by atoms with Gasteiger partial charge >= 0.3 is 6.18 Å². The Labute approximate surface area is 192 Å². The summed E-state index contributed by atoms with van der Waals surface area (Å²) in [5.74, 6) is -1.60. The maximum atomic E-state index is 12.7. The van der Waals surface area contributed by atoms with Gasteiger partial charge in [-0.15, -0.1) is 0 Å². The van der Waals surface area contributed by atoms with E-state index in [1.54, 1.807) is 0 Å². The van der Waals surface area contributed by atoms with Gasteiger partial charge in [-0.2, -0.15) is 13.2 Å². The van der Waals surface area contributed by atoms with Gasteiger partial charge in [0.2, 0.25) is 10.0 Å². The highest BCUT2D eigenvalue weighted by Crippen LogP contribution is 2.30. The summed E-state index contributed by atoms with van der Waals surface area (Å²) in [6, 6.07) is 7.82. The van der Waals surface area contributed by atoms with E-state index in [9.17, 15) is 31.2 Å². The molecule has 0 aliphatic rings. The van der Waals surface area contributed by atoms with Crippen molar-refractivity contribution in [2.75, 3.05) is 31.3 Å². The van der Waals surface area contributed by atoms with Crippen molar-refractivity contribution in [3.05, 3.63) is 53.1 Å². The molecular weight excluding hydrogens is 489 g/mol. The number of carbonyl (C=O) groups is 2. The number of hydrogen-bond donors (Lipinski definition) is 2. The molecule has 178 valence electrons. The van der Waals surface area contributed by atoms with Gasteiger partial charge in [0.1, 0.15) is 11.1 Å². The van der Waals surface area contributed by atoms with Crippen molar-refractivity contribution in [3.8, 4) is 0 Å². The molecule has 0 radical (unpaired) electrons. The highest BCUT2D eigenvalue weighted by Gasteiger charge is 2.30. The number of sulfonamides is 1. The number of benzene rings is 2. The van der Waals surface area contributed by atoms with E-state index in [0.717, 1.165) is 22.5 Å². The number of hydrogen-bond acceptors (Lipinski definition) is 6. The topological polar surface area (TPSA) is 117 Å². The highest BCUT2D eigenvalue weighted by molar-refractivity contribution is 7.89. The van der Waals surface area contributed by atoms with Crippen LogP contribution in [0, 0.1) is 0 Å². The van der Waals surface area contributed by atoms with Gasteiger partial charge in [-0.3, -0.25) is 9.59 Å². The summed E-state index contributed by atoms with van der Waals surface area (Å²) >= 11 is 5.93. The van der Waals surface area contributed by atoms with E-state index < -0.39 is 40.2 Å². The van der Waals surface area contributed by atoms with Crippen LogP contribution in [0.25, 0.3) is 0 Å². The Morgan fingerprint density at radius 2 is 1.79 bits per heavy atom. The number of halogens is 4. The molecule has 0 saturated carbocycles. The molecule has 2 N–H and O–H groups in total. The molecule has 0 aliphatic carbocycles. The second-order valence-corrected chi connectivity index (χ2v) is 9.08. The van der Waals surface area contributed by atoms with E-state index in [-0.39, 0.29) is 21.3 Å². The lowest BCUT2D eigenvalue weighted by atomic mass is 10.2. The minimum atomic E-state index is -4.56. The zero-order valence-electron chi connectivity index (χ0n) is 17.2. The molecule has 0 bridgehead atoms. The third kappa shape index (κ3) is 7.44. The number of amides is 2. The number of oxime groups is 1. The second-order valence-electron chi connectivity index (χ2n) is 6.56. The molecular formula is C19H18ClF3N4O5S. The average Bonchev–Trinajstić information content (AvgIpc) is 2.72. The van der Waals surface area contributed by atoms with Crippen molar-refractivity contribution in [1.29, 1.82) is 0 Å². The van der Waals surface area contributed by atoms with Crippen LogP contribution in [-0.4, -0.2) is 51.5 Å². The van der Waals surface area contributed by atoms with Crippen molar-refractivity contribution in [2.45, 2.75) is 11.1 Å². The van der Waals surface area contributed by atoms with E-state index in [0.29, 0.717) is 6.21 Å². The average molecular weight is 507 g/mol. The van der Waals surface area contributed by atoms with Gasteiger partial charge in [0.25, 0.3) is 11.8 Å². The molecule has 0 atom stereocenters. The van der Waals surface area contributed by atoms with Crippen molar-refractivity contribution in [3.63, 3.8) is 0 Å². The fourth-order valence-corrected chi connectivity index (χ4v) is 3.70. The Kier molecular flexibility index (Phi) is 8.41. The Balaban J connectivity index is 1.90. The molecule has 0 spiro atoms. The number of rotatable bonds is 8. The SMILES string of the molecule is CN(C)S(=O)(=O)c1cc(NC(=O)CO/N=C\C(=O)Nc2cccc(C(F)(F)F)c2)ccc1Cl. The molecule has 33 heavy (non-hydrogen) atoms. The highest BCUT2D eigenvalue weighted by atomic mass is 35.5. The summed E-state index contributed by atoms with van der Waals surface area (Å²) in [4.78, 5) is 28.1. The van der Waals surface area contributed by atoms with Gasteiger partial charge in [-0.1, -0.05) is 22.8 Å². The van der Waals surface area contributed by atoms with E-state index in [4.69, 9.17) is 11.6 Å². The predicted octanol–water partition coefficient (Wildman–Crippen LogP) is 3.19. The summed E-state index contributed by atoms with van der Waals surface area (Å²) < 4.78 is 63.5. The first kappa shape index (κ1) is 26.1. The minimum absolute atomic E-state index is 0.0330. The quantitative estimate of drug-likeness (QED) is 0.421. The van der Waals surface area contributed by atoms with Crippen molar-refractivity contribution in [2.24, 2.45) is 5.16 Å². The van der Waals surface area contributed by atoms with Crippen LogP contribution in [0.2, 0.25) is 5.02 Å². The lowest BCUT2D eigenvalue weighted by molar-refractivity contribution is -0.137. The summed E-state index contributed by atoms with van der Waals surface area (Å²) in [5, 5.41) is 7.79. The van der Waals surface area contributed by atoms with Gasteiger partial charge in [0.05, 0.1) is 10.6 Å². The molecule has 2 rings (SSSR count). The van der Waals surface area contributed by atoms with Crippen LogP contribution < -0.4 is 10.6 Å². The van der Waals surface area contributed by atoms with Gasteiger partial charge in [0, 0.05) is 25.5 Å². The second kappa shape index (κ2) is 10.6. The first-order valence-corrected chi connectivity index (χ1v) is 10.8.